The van der Waals surface area contributed by atoms with E-state index >= 15 is 0 Å². The highest BCUT2D eigenvalue weighted by Crippen LogP contribution is 2.10. The van der Waals surface area contributed by atoms with E-state index in [0.29, 0.717) is 6.42 Å². The predicted molar refractivity (Wildman–Crippen MR) is 123 cm³/mol. The topological polar surface area (TPSA) is 60.0 Å². The Hall–Kier alpha value is -1.35. The zero-order valence-corrected chi connectivity index (χ0v) is 19.1. The summed E-state index contributed by atoms with van der Waals surface area (Å²) in [6, 6.07) is 10.8. The molecule has 0 aliphatic carbocycles. The predicted octanol–water partition coefficient (Wildman–Crippen LogP) is 2.30. The van der Waals surface area contributed by atoms with Crippen molar-refractivity contribution in [2.75, 3.05) is 40.3 Å². The summed E-state index contributed by atoms with van der Waals surface area (Å²) >= 11 is 0. The van der Waals surface area contributed by atoms with E-state index in [1.54, 1.807) is 7.05 Å². The van der Waals surface area contributed by atoms with E-state index in [-0.39, 0.29) is 35.9 Å². The lowest BCUT2D eigenvalue weighted by Crippen LogP contribution is -2.45. The summed E-state index contributed by atoms with van der Waals surface area (Å²) in [6.45, 7) is 6.40. The number of aliphatic imine (C=N–C) groups is 1. The van der Waals surface area contributed by atoms with Crippen molar-refractivity contribution in [1.82, 2.24) is 20.4 Å². The van der Waals surface area contributed by atoms with E-state index in [1.165, 1.54) is 5.56 Å². The van der Waals surface area contributed by atoms with E-state index in [9.17, 15) is 4.79 Å². The van der Waals surface area contributed by atoms with Crippen molar-refractivity contribution in [3.63, 3.8) is 0 Å². The second-order valence-corrected chi connectivity index (χ2v) is 6.90. The molecule has 1 fully saturated rings. The number of carbonyl (C=O) groups is 1. The Balaban J connectivity index is 0.00000364. The first-order valence-corrected chi connectivity index (χ1v) is 9.59. The SMILES string of the molecule is CCC(=O)N1CCC(NC(=NC)NCCCN(C)Cc2ccccc2)C1.I. The van der Waals surface area contributed by atoms with Crippen molar-refractivity contribution in [2.45, 2.75) is 38.8 Å². The molecule has 0 aromatic heterocycles. The Morgan fingerprint density at radius 1 is 1.33 bits per heavy atom. The van der Waals surface area contributed by atoms with Crippen LogP contribution in [-0.2, 0) is 11.3 Å². The molecular weight excluding hydrogens is 453 g/mol. The van der Waals surface area contributed by atoms with Gasteiger partial charge >= 0.3 is 0 Å². The molecule has 0 radical (unpaired) electrons. The van der Waals surface area contributed by atoms with Crippen LogP contribution in [0.4, 0.5) is 0 Å². The summed E-state index contributed by atoms with van der Waals surface area (Å²) in [6.07, 6.45) is 2.61. The van der Waals surface area contributed by atoms with Crippen molar-refractivity contribution < 1.29 is 4.79 Å². The number of nitrogens with one attached hydrogen (secondary N) is 2. The second kappa shape index (κ2) is 12.9. The maximum atomic E-state index is 11.8. The fraction of sp³-hybridized carbons (Fsp3) is 0.600. The quantitative estimate of drug-likeness (QED) is 0.256. The molecule has 1 unspecified atom stereocenters. The molecule has 1 saturated heterocycles. The first kappa shape index (κ1) is 23.7. The molecule has 2 rings (SSSR count). The first-order chi connectivity index (χ1) is 12.6. The molecule has 152 valence electrons. The number of rotatable bonds is 8. The molecule has 1 aromatic carbocycles. The fourth-order valence-corrected chi connectivity index (χ4v) is 3.25. The number of likely N-dealkylation sites (tertiary alicyclic amines) is 1. The van der Waals surface area contributed by atoms with Crippen molar-refractivity contribution in [3.05, 3.63) is 35.9 Å². The summed E-state index contributed by atoms with van der Waals surface area (Å²) in [5.41, 5.74) is 1.34. The maximum absolute atomic E-state index is 11.8. The summed E-state index contributed by atoms with van der Waals surface area (Å²) < 4.78 is 0. The van der Waals surface area contributed by atoms with Crippen molar-refractivity contribution in [3.8, 4) is 0 Å². The highest BCUT2D eigenvalue weighted by molar-refractivity contribution is 14.0. The molecule has 27 heavy (non-hydrogen) atoms. The second-order valence-electron chi connectivity index (χ2n) is 6.90. The third-order valence-corrected chi connectivity index (χ3v) is 4.71. The molecule has 6 nitrogen and oxygen atoms in total. The number of benzene rings is 1. The van der Waals surface area contributed by atoms with Crippen molar-refractivity contribution >= 4 is 35.8 Å². The number of halogens is 1. The van der Waals surface area contributed by atoms with Crippen LogP contribution in [0, 0.1) is 0 Å². The van der Waals surface area contributed by atoms with Gasteiger partial charge in [0.2, 0.25) is 5.91 Å². The fourth-order valence-electron chi connectivity index (χ4n) is 3.25. The molecule has 1 aromatic rings. The van der Waals surface area contributed by atoms with Gasteiger partial charge in [-0.25, -0.2) is 0 Å². The molecule has 0 bridgehead atoms. The maximum Gasteiger partial charge on any atom is 0.222 e. The summed E-state index contributed by atoms with van der Waals surface area (Å²) in [5, 5.41) is 6.82. The normalized spacial score (nSPS) is 17.0. The van der Waals surface area contributed by atoms with Gasteiger partial charge < -0.3 is 20.4 Å². The zero-order valence-electron chi connectivity index (χ0n) is 16.8. The van der Waals surface area contributed by atoms with E-state index in [0.717, 1.165) is 51.5 Å². The third-order valence-electron chi connectivity index (χ3n) is 4.71. The lowest BCUT2D eigenvalue weighted by Gasteiger charge is -2.20. The number of hydrogen-bond acceptors (Lipinski definition) is 3. The number of guanidine groups is 1. The van der Waals surface area contributed by atoms with Crippen LogP contribution in [-0.4, -0.2) is 68.0 Å². The molecule has 7 heteroatoms. The highest BCUT2D eigenvalue weighted by Gasteiger charge is 2.25. The van der Waals surface area contributed by atoms with Gasteiger partial charge in [0, 0.05) is 45.7 Å². The third kappa shape index (κ3) is 8.47. The van der Waals surface area contributed by atoms with Gasteiger partial charge in [0.05, 0.1) is 0 Å². The molecule has 1 atom stereocenters. The van der Waals surface area contributed by atoms with Gasteiger partial charge in [-0.05, 0) is 32.0 Å². The van der Waals surface area contributed by atoms with Gasteiger partial charge in [-0.15, -0.1) is 24.0 Å². The van der Waals surface area contributed by atoms with Crippen LogP contribution in [0.15, 0.2) is 35.3 Å². The number of carbonyl (C=O) groups excluding carboxylic acids is 1. The van der Waals surface area contributed by atoms with Crippen LogP contribution in [0.5, 0.6) is 0 Å². The zero-order chi connectivity index (χ0) is 18.8. The molecule has 1 heterocycles. The van der Waals surface area contributed by atoms with Crippen molar-refractivity contribution in [1.29, 1.82) is 0 Å². The minimum absolute atomic E-state index is 0. The Morgan fingerprint density at radius 2 is 2.07 bits per heavy atom. The number of nitrogens with zero attached hydrogens (tertiary/aromatic N) is 3. The van der Waals surface area contributed by atoms with Crippen LogP contribution in [0.2, 0.25) is 0 Å². The van der Waals surface area contributed by atoms with Gasteiger partial charge in [0.15, 0.2) is 5.96 Å². The van der Waals surface area contributed by atoms with E-state index in [1.807, 2.05) is 17.9 Å². The molecular formula is C20H34IN5O. The Labute approximate surface area is 180 Å². The Kier molecular flexibility index (Phi) is 11.3. The van der Waals surface area contributed by atoms with Crippen LogP contribution in [0.1, 0.15) is 31.7 Å². The lowest BCUT2D eigenvalue weighted by molar-refractivity contribution is -0.129. The minimum atomic E-state index is 0. The minimum Gasteiger partial charge on any atom is -0.356 e. The van der Waals surface area contributed by atoms with E-state index < -0.39 is 0 Å². The Bertz CT molecular complexity index is 581. The van der Waals surface area contributed by atoms with E-state index in [2.05, 4.69) is 51.8 Å². The molecule has 0 saturated carbocycles. The van der Waals surface area contributed by atoms with Crippen molar-refractivity contribution in [2.24, 2.45) is 4.99 Å². The number of amides is 1. The standard InChI is InChI=1S/C20H33N5O.HI/c1-4-19(26)25-14-11-18(16-25)23-20(21-2)22-12-8-13-24(3)15-17-9-6-5-7-10-17;/h5-7,9-10,18H,4,8,11-16H2,1-3H3,(H2,21,22,23);1H. The molecule has 1 amide bonds. The van der Waals surface area contributed by atoms with Gasteiger partial charge in [0.25, 0.3) is 0 Å². The summed E-state index contributed by atoms with van der Waals surface area (Å²) in [4.78, 5) is 20.3. The van der Waals surface area contributed by atoms with E-state index in [4.69, 9.17) is 0 Å². The Morgan fingerprint density at radius 3 is 2.74 bits per heavy atom. The molecule has 1 aliphatic rings. The largest absolute Gasteiger partial charge is 0.356 e. The van der Waals surface area contributed by atoms with Crippen LogP contribution < -0.4 is 10.6 Å². The monoisotopic (exact) mass is 487 g/mol. The summed E-state index contributed by atoms with van der Waals surface area (Å²) in [5.74, 6) is 1.06. The molecule has 0 spiro atoms. The summed E-state index contributed by atoms with van der Waals surface area (Å²) in [7, 11) is 3.94. The van der Waals surface area contributed by atoms with Gasteiger partial charge in [-0.3, -0.25) is 9.79 Å². The molecule has 1 aliphatic heterocycles. The van der Waals surface area contributed by atoms with Gasteiger partial charge in [0.1, 0.15) is 0 Å². The average Bonchev–Trinajstić information content (AvgIpc) is 3.13. The number of hydrogen-bond donors (Lipinski definition) is 2. The van der Waals surface area contributed by atoms with Gasteiger partial charge in [-0.1, -0.05) is 37.3 Å². The van der Waals surface area contributed by atoms with Crippen LogP contribution in [0.3, 0.4) is 0 Å². The lowest BCUT2D eigenvalue weighted by atomic mass is 10.2. The van der Waals surface area contributed by atoms with Crippen LogP contribution in [0.25, 0.3) is 0 Å². The van der Waals surface area contributed by atoms with Gasteiger partial charge in [-0.2, -0.15) is 0 Å². The highest BCUT2D eigenvalue weighted by atomic mass is 127. The smallest absolute Gasteiger partial charge is 0.222 e. The first-order valence-electron chi connectivity index (χ1n) is 9.59. The molecule has 2 N–H and O–H groups in total. The van der Waals surface area contributed by atoms with Crippen LogP contribution >= 0.6 is 24.0 Å². The average molecular weight is 487 g/mol.